The van der Waals surface area contributed by atoms with Crippen LogP contribution in [0.25, 0.3) is 33.5 Å². The van der Waals surface area contributed by atoms with Crippen LogP contribution in [0.15, 0.2) is 87.6 Å². The number of fused-ring (bicyclic) bond motifs is 2. The van der Waals surface area contributed by atoms with Crippen LogP contribution >= 0.6 is 11.6 Å². The molecule has 0 bridgehead atoms. The van der Waals surface area contributed by atoms with Crippen molar-refractivity contribution in [1.82, 2.24) is 9.66 Å². The zero-order chi connectivity index (χ0) is 30.5. The van der Waals surface area contributed by atoms with Gasteiger partial charge in [0.05, 0.1) is 30.3 Å². The lowest BCUT2D eigenvalue weighted by Gasteiger charge is -2.20. The molecule has 0 aliphatic rings. The quantitative estimate of drug-likeness (QED) is 0.0933. The Morgan fingerprint density at radius 2 is 1.95 bits per heavy atom. The van der Waals surface area contributed by atoms with E-state index < -0.39 is 12.1 Å². The van der Waals surface area contributed by atoms with Gasteiger partial charge in [0.2, 0.25) is 5.82 Å². The number of carbonyl (C=O) groups excluding carboxylic acids is 1. The highest BCUT2D eigenvalue weighted by atomic mass is 35.5. The third kappa shape index (κ3) is 6.32. The summed E-state index contributed by atoms with van der Waals surface area (Å²) < 4.78 is 24.3. The first-order valence-corrected chi connectivity index (χ1v) is 14.2. The molecule has 0 aliphatic heterocycles. The monoisotopic (exact) mass is 599 g/mol. The molecule has 3 aromatic carbocycles. The summed E-state index contributed by atoms with van der Waals surface area (Å²) in [5.74, 6) is 0.926. The summed E-state index contributed by atoms with van der Waals surface area (Å²) in [7, 11) is 0. The molecule has 0 radical (unpaired) electrons. The van der Waals surface area contributed by atoms with Crippen molar-refractivity contribution in [3.8, 4) is 23.1 Å². The number of rotatable bonds is 11. The highest BCUT2D eigenvalue weighted by Crippen LogP contribution is 2.35. The standard InChI is InChI=1S/C33H30ClN3O6/c1-5-10-22-15-21(16-28(40-6-2)30(22)42-20(4)33(39)41-7-3)19-35-37-31(36-26-12-9-8-11-25(26)32(37)38)29-18-23-17-24(34)13-14-27(23)43-29/h5,8-9,11-20H,1,6-7,10H2,2-4H3/t20-/m0/s1. The number of hydrogen-bond acceptors (Lipinski definition) is 8. The fourth-order valence-electron chi connectivity index (χ4n) is 4.59. The van der Waals surface area contributed by atoms with E-state index in [4.69, 9.17) is 35.2 Å². The third-order valence-corrected chi connectivity index (χ3v) is 6.74. The molecule has 0 unspecified atom stereocenters. The number of allylic oxidation sites excluding steroid dienone is 1. The molecule has 5 rings (SSSR count). The molecule has 1 atom stereocenters. The molecule has 0 saturated carbocycles. The van der Waals surface area contributed by atoms with Gasteiger partial charge in [-0.3, -0.25) is 4.79 Å². The van der Waals surface area contributed by atoms with E-state index in [9.17, 15) is 9.59 Å². The third-order valence-electron chi connectivity index (χ3n) is 6.51. The van der Waals surface area contributed by atoms with Crippen LogP contribution in [0.2, 0.25) is 5.02 Å². The summed E-state index contributed by atoms with van der Waals surface area (Å²) in [5.41, 5.74) is 2.09. The van der Waals surface area contributed by atoms with Crippen molar-refractivity contribution in [2.75, 3.05) is 13.2 Å². The van der Waals surface area contributed by atoms with Gasteiger partial charge in [-0.05, 0) is 81.3 Å². The zero-order valence-electron chi connectivity index (χ0n) is 24.0. The maximum Gasteiger partial charge on any atom is 0.347 e. The van der Waals surface area contributed by atoms with E-state index in [1.807, 2.05) is 19.1 Å². The molecule has 0 aliphatic carbocycles. The Morgan fingerprint density at radius 3 is 2.72 bits per heavy atom. The Balaban J connectivity index is 1.62. The lowest BCUT2D eigenvalue weighted by Crippen LogP contribution is -2.26. The lowest BCUT2D eigenvalue weighted by molar-refractivity contribution is -0.150. The molecule has 9 nitrogen and oxygen atoms in total. The van der Waals surface area contributed by atoms with E-state index >= 15 is 0 Å². The van der Waals surface area contributed by atoms with Gasteiger partial charge in [0, 0.05) is 16.0 Å². The number of esters is 1. The topological polar surface area (TPSA) is 105 Å². The predicted molar refractivity (Wildman–Crippen MR) is 167 cm³/mol. The van der Waals surface area contributed by atoms with Crippen LogP contribution in [0.1, 0.15) is 31.9 Å². The maximum atomic E-state index is 13.7. The zero-order valence-corrected chi connectivity index (χ0v) is 24.8. The average Bonchev–Trinajstić information content (AvgIpc) is 3.41. The summed E-state index contributed by atoms with van der Waals surface area (Å²) in [5, 5.41) is 6.30. The number of nitrogens with zero attached hydrogens (tertiary/aromatic N) is 3. The first-order valence-electron chi connectivity index (χ1n) is 13.8. The molecule has 0 saturated heterocycles. The van der Waals surface area contributed by atoms with Crippen molar-refractivity contribution in [2.24, 2.45) is 5.10 Å². The Bertz CT molecular complexity index is 1910. The van der Waals surface area contributed by atoms with Crippen LogP contribution in [-0.4, -0.2) is 41.2 Å². The minimum Gasteiger partial charge on any atom is -0.490 e. The Labute approximate surface area is 253 Å². The average molecular weight is 600 g/mol. The first-order chi connectivity index (χ1) is 20.8. The van der Waals surface area contributed by atoms with E-state index in [0.29, 0.717) is 57.4 Å². The van der Waals surface area contributed by atoms with Crippen molar-refractivity contribution in [3.05, 3.63) is 99.8 Å². The predicted octanol–water partition coefficient (Wildman–Crippen LogP) is 6.80. The summed E-state index contributed by atoms with van der Waals surface area (Å²) in [6.07, 6.45) is 2.83. The van der Waals surface area contributed by atoms with Gasteiger partial charge in [0.25, 0.3) is 5.56 Å². The second-order valence-electron chi connectivity index (χ2n) is 9.55. The number of aromatic nitrogens is 2. The Kier molecular flexibility index (Phi) is 8.92. The highest BCUT2D eigenvalue weighted by molar-refractivity contribution is 6.31. The number of halogens is 1. The number of ether oxygens (including phenoxy) is 3. The molecule has 0 amide bonds. The van der Waals surface area contributed by atoms with E-state index in [1.54, 1.807) is 68.5 Å². The fraction of sp³-hybridized carbons (Fsp3) is 0.212. The number of carbonyl (C=O) groups is 1. The van der Waals surface area contributed by atoms with Crippen molar-refractivity contribution in [1.29, 1.82) is 0 Å². The van der Waals surface area contributed by atoms with Crippen molar-refractivity contribution < 1.29 is 23.4 Å². The van der Waals surface area contributed by atoms with E-state index in [0.717, 1.165) is 10.9 Å². The summed E-state index contributed by atoms with van der Waals surface area (Å²) in [6, 6.07) is 17.7. The van der Waals surface area contributed by atoms with Crippen molar-refractivity contribution in [3.63, 3.8) is 0 Å². The van der Waals surface area contributed by atoms with Crippen LogP contribution < -0.4 is 15.0 Å². The summed E-state index contributed by atoms with van der Waals surface area (Å²) >= 11 is 6.18. The van der Waals surface area contributed by atoms with E-state index in [-0.39, 0.29) is 18.0 Å². The van der Waals surface area contributed by atoms with Crippen LogP contribution in [0, 0.1) is 0 Å². The molecular formula is C33H30ClN3O6. The molecule has 0 fully saturated rings. The molecular weight excluding hydrogens is 570 g/mol. The van der Waals surface area contributed by atoms with Gasteiger partial charge < -0.3 is 18.6 Å². The molecule has 220 valence electrons. The molecule has 2 aromatic heterocycles. The van der Waals surface area contributed by atoms with Crippen LogP contribution in [-0.2, 0) is 16.0 Å². The van der Waals surface area contributed by atoms with Gasteiger partial charge >= 0.3 is 5.97 Å². The summed E-state index contributed by atoms with van der Waals surface area (Å²) in [4.78, 5) is 30.7. The number of furan rings is 1. The Morgan fingerprint density at radius 1 is 1.14 bits per heavy atom. The van der Waals surface area contributed by atoms with Gasteiger partial charge in [0.1, 0.15) is 5.58 Å². The second kappa shape index (κ2) is 13.0. The van der Waals surface area contributed by atoms with Gasteiger partial charge in [-0.15, -0.1) is 6.58 Å². The summed E-state index contributed by atoms with van der Waals surface area (Å²) in [6.45, 7) is 9.65. The first kappa shape index (κ1) is 29.6. The maximum absolute atomic E-state index is 13.7. The molecule has 43 heavy (non-hydrogen) atoms. The molecule has 2 heterocycles. The number of para-hydroxylation sites is 1. The second-order valence-corrected chi connectivity index (χ2v) is 9.99. The van der Waals surface area contributed by atoms with Gasteiger partial charge in [-0.1, -0.05) is 29.8 Å². The van der Waals surface area contributed by atoms with E-state index in [1.165, 1.54) is 10.9 Å². The lowest BCUT2D eigenvalue weighted by atomic mass is 10.1. The normalized spacial score (nSPS) is 12.1. The SMILES string of the molecule is C=CCc1cc(C=Nn2c(-c3cc4cc(Cl)ccc4o3)nc3ccccc3c2=O)cc(OCC)c1O[C@@H](C)C(=O)OCC. The molecule has 0 spiro atoms. The largest absolute Gasteiger partial charge is 0.490 e. The number of hydrogen-bond donors (Lipinski definition) is 0. The van der Waals surface area contributed by atoms with Crippen LogP contribution in [0.4, 0.5) is 0 Å². The minimum atomic E-state index is -0.856. The highest BCUT2D eigenvalue weighted by Gasteiger charge is 2.22. The molecule has 10 heteroatoms. The molecule has 5 aromatic rings. The van der Waals surface area contributed by atoms with Gasteiger partial charge in [0.15, 0.2) is 23.4 Å². The van der Waals surface area contributed by atoms with Crippen LogP contribution in [0.3, 0.4) is 0 Å². The van der Waals surface area contributed by atoms with Crippen molar-refractivity contribution >= 4 is 45.7 Å². The Hall–Kier alpha value is -4.89. The smallest absolute Gasteiger partial charge is 0.347 e. The molecule has 0 N–H and O–H groups in total. The van der Waals surface area contributed by atoms with Crippen molar-refractivity contribution in [2.45, 2.75) is 33.3 Å². The number of benzene rings is 3. The van der Waals surface area contributed by atoms with Gasteiger partial charge in [-0.2, -0.15) is 9.78 Å². The van der Waals surface area contributed by atoms with Crippen LogP contribution in [0.5, 0.6) is 11.5 Å². The van der Waals surface area contributed by atoms with Gasteiger partial charge in [-0.25, -0.2) is 9.78 Å². The van der Waals surface area contributed by atoms with E-state index in [2.05, 4.69) is 11.7 Å². The minimum absolute atomic E-state index is 0.229. The fourth-order valence-corrected chi connectivity index (χ4v) is 4.77.